The maximum atomic E-state index is 13.1. The third-order valence-electron chi connectivity index (χ3n) is 4.53. The van der Waals surface area contributed by atoms with Crippen molar-refractivity contribution in [3.05, 3.63) is 107 Å². The molecule has 0 aliphatic heterocycles. The van der Waals surface area contributed by atoms with Gasteiger partial charge in [-0.05, 0) is 29.8 Å². The Morgan fingerprint density at radius 3 is 2.45 bits per heavy atom. The van der Waals surface area contributed by atoms with Gasteiger partial charge in [-0.15, -0.1) is 0 Å². The van der Waals surface area contributed by atoms with Gasteiger partial charge in [-0.3, -0.25) is 14.6 Å². The van der Waals surface area contributed by atoms with Gasteiger partial charge in [-0.25, -0.2) is 4.98 Å². The zero-order chi connectivity index (χ0) is 20.1. The van der Waals surface area contributed by atoms with E-state index < -0.39 is 0 Å². The van der Waals surface area contributed by atoms with Gasteiger partial charge in [-0.1, -0.05) is 54.6 Å². The molecule has 0 atom stereocenters. The van der Waals surface area contributed by atoms with Crippen molar-refractivity contribution in [2.24, 2.45) is 5.10 Å². The topological polar surface area (TPSA) is 62.0 Å². The average Bonchev–Trinajstić information content (AvgIpc) is 2.76. The first-order valence-corrected chi connectivity index (χ1v) is 9.33. The zero-order valence-electron chi connectivity index (χ0n) is 16.1. The SMILES string of the molecule is CN(Cc1ccccc1)c1nc2ccccn2c(=O)c1C=NNc1ccccc1. The van der Waals surface area contributed by atoms with Gasteiger partial charge >= 0.3 is 0 Å². The zero-order valence-corrected chi connectivity index (χ0v) is 16.1. The molecule has 4 rings (SSSR count). The molecule has 29 heavy (non-hydrogen) atoms. The Labute approximate surface area is 168 Å². The minimum absolute atomic E-state index is 0.163. The van der Waals surface area contributed by atoms with Crippen LogP contribution < -0.4 is 15.9 Å². The summed E-state index contributed by atoms with van der Waals surface area (Å²) in [7, 11) is 1.93. The molecule has 0 saturated heterocycles. The number of nitrogens with one attached hydrogen (secondary N) is 1. The molecular weight excluding hydrogens is 362 g/mol. The second kappa shape index (κ2) is 8.39. The molecule has 144 valence electrons. The van der Waals surface area contributed by atoms with Crippen molar-refractivity contribution in [1.82, 2.24) is 9.38 Å². The molecule has 0 aliphatic rings. The van der Waals surface area contributed by atoms with Gasteiger partial charge < -0.3 is 4.90 Å². The highest BCUT2D eigenvalue weighted by molar-refractivity contribution is 5.87. The van der Waals surface area contributed by atoms with E-state index in [9.17, 15) is 4.79 Å². The lowest BCUT2D eigenvalue weighted by atomic mass is 10.2. The van der Waals surface area contributed by atoms with Crippen molar-refractivity contribution in [1.29, 1.82) is 0 Å². The number of hydrazone groups is 1. The predicted molar refractivity (Wildman–Crippen MR) is 118 cm³/mol. The molecule has 0 amide bonds. The highest BCUT2D eigenvalue weighted by Gasteiger charge is 2.15. The summed E-state index contributed by atoms with van der Waals surface area (Å²) in [6, 6.07) is 25.2. The molecule has 0 unspecified atom stereocenters. The van der Waals surface area contributed by atoms with Crippen molar-refractivity contribution in [2.45, 2.75) is 6.54 Å². The van der Waals surface area contributed by atoms with Crippen LogP contribution in [0.2, 0.25) is 0 Å². The number of hydrogen-bond acceptors (Lipinski definition) is 5. The van der Waals surface area contributed by atoms with Crippen LogP contribution >= 0.6 is 0 Å². The Kier molecular flexibility index (Phi) is 5.33. The highest BCUT2D eigenvalue weighted by atomic mass is 16.1. The van der Waals surface area contributed by atoms with Crippen molar-refractivity contribution >= 4 is 23.4 Å². The number of benzene rings is 2. The van der Waals surface area contributed by atoms with Crippen LogP contribution in [0.5, 0.6) is 0 Å². The first kappa shape index (κ1) is 18.4. The Bertz CT molecular complexity index is 1190. The number of fused-ring (bicyclic) bond motifs is 1. The molecule has 1 N–H and O–H groups in total. The molecule has 0 spiro atoms. The molecule has 2 aromatic heterocycles. The Morgan fingerprint density at radius 2 is 1.69 bits per heavy atom. The number of rotatable bonds is 6. The molecule has 2 heterocycles. The van der Waals surface area contributed by atoms with Crippen molar-refractivity contribution in [3.8, 4) is 0 Å². The van der Waals surface area contributed by atoms with Crippen molar-refractivity contribution in [2.75, 3.05) is 17.4 Å². The quantitative estimate of drug-likeness (QED) is 0.407. The van der Waals surface area contributed by atoms with Crippen LogP contribution in [0.15, 0.2) is 95.0 Å². The fourth-order valence-electron chi connectivity index (χ4n) is 3.11. The number of aromatic nitrogens is 2. The number of para-hydroxylation sites is 1. The molecule has 2 aromatic carbocycles. The second-order valence-corrected chi connectivity index (χ2v) is 6.66. The van der Waals surface area contributed by atoms with E-state index >= 15 is 0 Å². The molecule has 0 saturated carbocycles. The number of nitrogens with zero attached hydrogens (tertiary/aromatic N) is 4. The van der Waals surface area contributed by atoms with Crippen LogP contribution in [0.4, 0.5) is 11.5 Å². The molecule has 0 aliphatic carbocycles. The Balaban J connectivity index is 1.73. The second-order valence-electron chi connectivity index (χ2n) is 6.66. The van der Waals surface area contributed by atoms with Crippen LogP contribution in [-0.2, 0) is 6.54 Å². The molecule has 6 nitrogen and oxygen atoms in total. The molecule has 0 fully saturated rings. The van der Waals surface area contributed by atoms with Gasteiger partial charge in [-0.2, -0.15) is 5.10 Å². The maximum absolute atomic E-state index is 13.1. The smallest absolute Gasteiger partial charge is 0.268 e. The summed E-state index contributed by atoms with van der Waals surface area (Å²) >= 11 is 0. The number of hydrogen-bond donors (Lipinski definition) is 1. The molecule has 4 aromatic rings. The third-order valence-corrected chi connectivity index (χ3v) is 4.53. The van der Waals surface area contributed by atoms with E-state index in [4.69, 9.17) is 4.98 Å². The lowest BCUT2D eigenvalue weighted by molar-refractivity contribution is 0.884. The van der Waals surface area contributed by atoms with Gasteiger partial charge in [0.2, 0.25) is 0 Å². The largest absolute Gasteiger partial charge is 0.355 e. The normalized spacial score (nSPS) is 11.1. The Morgan fingerprint density at radius 1 is 1.00 bits per heavy atom. The Hall–Kier alpha value is -3.93. The van der Waals surface area contributed by atoms with Crippen molar-refractivity contribution in [3.63, 3.8) is 0 Å². The van der Waals surface area contributed by atoms with Crippen LogP contribution in [0.1, 0.15) is 11.1 Å². The van der Waals surface area contributed by atoms with Crippen LogP contribution in [0, 0.1) is 0 Å². The molecule has 0 bridgehead atoms. The van der Waals surface area contributed by atoms with Crippen LogP contribution in [0.3, 0.4) is 0 Å². The standard InChI is InChI=1S/C23H21N5O/c1-27(17-18-10-4-2-5-11-18)22-20(16-24-26-19-12-6-3-7-13-19)23(29)28-15-9-8-14-21(28)25-22/h2-16,26H,17H2,1H3. The van der Waals surface area contributed by atoms with Crippen LogP contribution in [0.25, 0.3) is 5.65 Å². The fourth-order valence-corrected chi connectivity index (χ4v) is 3.11. The first-order valence-electron chi connectivity index (χ1n) is 9.33. The van der Waals surface area contributed by atoms with Gasteiger partial charge in [0.25, 0.3) is 5.56 Å². The minimum atomic E-state index is -0.163. The van der Waals surface area contributed by atoms with E-state index in [1.165, 1.54) is 4.40 Å². The lowest BCUT2D eigenvalue weighted by Gasteiger charge is -2.20. The van der Waals surface area contributed by atoms with Gasteiger partial charge in [0, 0.05) is 19.8 Å². The van der Waals surface area contributed by atoms with Gasteiger partial charge in [0.15, 0.2) is 0 Å². The van der Waals surface area contributed by atoms with Gasteiger partial charge in [0.1, 0.15) is 17.0 Å². The van der Waals surface area contributed by atoms with E-state index in [-0.39, 0.29) is 5.56 Å². The average molecular weight is 383 g/mol. The lowest BCUT2D eigenvalue weighted by Crippen LogP contribution is -2.27. The summed E-state index contributed by atoms with van der Waals surface area (Å²) in [6.07, 6.45) is 3.26. The third kappa shape index (κ3) is 4.16. The first-order chi connectivity index (χ1) is 14.2. The van der Waals surface area contributed by atoms with Crippen molar-refractivity contribution < 1.29 is 0 Å². The summed E-state index contributed by atoms with van der Waals surface area (Å²) in [5.41, 5.74) is 5.80. The molecule has 0 radical (unpaired) electrons. The summed E-state index contributed by atoms with van der Waals surface area (Å²) in [5, 5.41) is 4.27. The van der Waals surface area contributed by atoms with Crippen LogP contribution in [-0.4, -0.2) is 22.6 Å². The number of anilines is 2. The highest BCUT2D eigenvalue weighted by Crippen LogP contribution is 2.16. The number of pyridine rings is 1. The van der Waals surface area contributed by atoms with E-state index in [0.717, 1.165) is 11.3 Å². The predicted octanol–water partition coefficient (Wildman–Crippen LogP) is 3.78. The maximum Gasteiger partial charge on any atom is 0.268 e. The summed E-state index contributed by atoms with van der Waals surface area (Å²) in [4.78, 5) is 19.8. The monoisotopic (exact) mass is 383 g/mol. The summed E-state index contributed by atoms with van der Waals surface area (Å²) in [5.74, 6) is 0.587. The summed E-state index contributed by atoms with van der Waals surface area (Å²) in [6.45, 7) is 0.628. The molecular formula is C23H21N5O. The van der Waals surface area contributed by atoms with Gasteiger partial charge in [0.05, 0.1) is 11.9 Å². The van der Waals surface area contributed by atoms with E-state index in [1.54, 1.807) is 12.4 Å². The van der Waals surface area contributed by atoms with E-state index in [0.29, 0.717) is 23.6 Å². The molecule has 6 heteroatoms. The van der Waals surface area contributed by atoms with E-state index in [2.05, 4.69) is 22.7 Å². The van der Waals surface area contributed by atoms with E-state index in [1.807, 2.05) is 78.7 Å². The fraction of sp³-hybridized carbons (Fsp3) is 0.0870. The summed E-state index contributed by atoms with van der Waals surface area (Å²) < 4.78 is 1.53. The minimum Gasteiger partial charge on any atom is -0.355 e.